The molecule has 264 valence electrons. The highest BCUT2D eigenvalue weighted by Crippen LogP contribution is 2.55. The Hall–Kier alpha value is -6.96. The summed E-state index contributed by atoms with van der Waals surface area (Å²) in [6, 6.07) is 73.8. The number of fused-ring (bicyclic) bond motifs is 6. The van der Waals surface area contributed by atoms with Gasteiger partial charge in [0.25, 0.3) is 0 Å². The van der Waals surface area contributed by atoms with Crippen LogP contribution < -0.4 is 4.90 Å². The molecule has 9 aromatic rings. The lowest BCUT2D eigenvalue weighted by Gasteiger charge is -2.29. The first kappa shape index (κ1) is 32.5. The molecule has 2 aliphatic rings. The van der Waals surface area contributed by atoms with Crippen molar-refractivity contribution in [1.29, 1.82) is 0 Å². The molecule has 0 saturated carbocycles. The van der Waals surface area contributed by atoms with Crippen molar-refractivity contribution in [3.05, 3.63) is 211 Å². The highest BCUT2D eigenvalue weighted by atomic mass is 15.1. The molecule has 56 heavy (non-hydrogen) atoms. The second-order valence-corrected chi connectivity index (χ2v) is 15.7. The van der Waals surface area contributed by atoms with Gasteiger partial charge in [0.1, 0.15) is 0 Å². The Balaban J connectivity index is 1.06. The fourth-order valence-corrected chi connectivity index (χ4v) is 9.53. The monoisotopic (exact) mass is 713 g/mol. The lowest BCUT2D eigenvalue weighted by atomic mass is 9.82. The molecule has 0 radical (unpaired) electrons. The summed E-state index contributed by atoms with van der Waals surface area (Å²) in [6.45, 7) is 4.71. The third-order valence-electron chi connectivity index (χ3n) is 12.2. The first-order valence-corrected chi connectivity index (χ1v) is 19.6. The van der Waals surface area contributed by atoms with Gasteiger partial charge in [0, 0.05) is 22.4 Å². The molecular formula is C55H39N. The molecule has 0 atom stereocenters. The van der Waals surface area contributed by atoms with Gasteiger partial charge in [-0.25, -0.2) is 0 Å². The minimum absolute atomic E-state index is 0.0998. The smallest absolute Gasteiger partial charge is 0.0543 e. The molecule has 0 spiro atoms. The van der Waals surface area contributed by atoms with Crippen molar-refractivity contribution in [3.8, 4) is 66.8 Å². The van der Waals surface area contributed by atoms with E-state index in [4.69, 9.17) is 0 Å². The number of hydrogen-bond acceptors (Lipinski definition) is 1. The van der Waals surface area contributed by atoms with Crippen LogP contribution in [0.15, 0.2) is 200 Å². The van der Waals surface area contributed by atoms with Gasteiger partial charge in [-0.2, -0.15) is 0 Å². The summed E-state index contributed by atoms with van der Waals surface area (Å²) in [6.07, 6.45) is 0. The molecule has 1 nitrogen and oxygen atoms in total. The summed E-state index contributed by atoms with van der Waals surface area (Å²) in [5.74, 6) is 0. The Morgan fingerprint density at radius 3 is 1.79 bits per heavy atom. The third kappa shape index (κ3) is 4.94. The van der Waals surface area contributed by atoms with E-state index in [1.807, 2.05) is 0 Å². The number of anilines is 3. The van der Waals surface area contributed by atoms with Gasteiger partial charge >= 0.3 is 0 Å². The first-order valence-electron chi connectivity index (χ1n) is 19.6. The lowest BCUT2D eigenvalue weighted by Crippen LogP contribution is -2.16. The van der Waals surface area contributed by atoms with Crippen LogP contribution in [0.4, 0.5) is 17.1 Å². The fraction of sp³-hybridized carbons (Fsp3) is 0.0545. The Bertz CT molecular complexity index is 2990. The number of rotatable bonds is 6. The van der Waals surface area contributed by atoms with Gasteiger partial charge in [0.2, 0.25) is 0 Å². The van der Waals surface area contributed by atoms with Crippen LogP contribution in [0.2, 0.25) is 0 Å². The second kappa shape index (κ2) is 12.5. The van der Waals surface area contributed by atoms with Crippen LogP contribution in [-0.2, 0) is 5.41 Å². The summed E-state index contributed by atoms with van der Waals surface area (Å²) >= 11 is 0. The Morgan fingerprint density at radius 1 is 0.339 bits per heavy atom. The molecular weight excluding hydrogens is 675 g/mol. The molecule has 0 aromatic heterocycles. The van der Waals surface area contributed by atoms with E-state index < -0.39 is 0 Å². The summed E-state index contributed by atoms with van der Waals surface area (Å²) in [4.78, 5) is 2.46. The third-order valence-corrected chi connectivity index (χ3v) is 12.2. The quantitative estimate of drug-likeness (QED) is 0.166. The predicted octanol–water partition coefficient (Wildman–Crippen LogP) is 15.3. The zero-order valence-electron chi connectivity index (χ0n) is 31.5. The van der Waals surface area contributed by atoms with Crippen LogP contribution >= 0.6 is 0 Å². The minimum Gasteiger partial charge on any atom is -0.310 e. The van der Waals surface area contributed by atoms with Crippen molar-refractivity contribution in [2.75, 3.05) is 4.90 Å². The van der Waals surface area contributed by atoms with E-state index in [0.29, 0.717) is 0 Å². The van der Waals surface area contributed by atoms with Crippen molar-refractivity contribution < 1.29 is 0 Å². The van der Waals surface area contributed by atoms with E-state index in [1.54, 1.807) is 0 Å². The van der Waals surface area contributed by atoms with Gasteiger partial charge in [0.05, 0.1) is 5.69 Å². The highest BCUT2D eigenvalue weighted by Gasteiger charge is 2.37. The molecule has 0 saturated heterocycles. The Morgan fingerprint density at radius 2 is 0.946 bits per heavy atom. The number of hydrogen-bond donors (Lipinski definition) is 0. The van der Waals surface area contributed by atoms with Crippen LogP contribution in [-0.4, -0.2) is 0 Å². The Kier molecular flexibility index (Phi) is 7.28. The van der Waals surface area contributed by atoms with Crippen molar-refractivity contribution >= 4 is 27.8 Å². The largest absolute Gasteiger partial charge is 0.310 e. The number of nitrogens with zero attached hydrogens (tertiary/aromatic N) is 1. The van der Waals surface area contributed by atoms with E-state index in [9.17, 15) is 0 Å². The second-order valence-electron chi connectivity index (χ2n) is 15.7. The summed E-state index contributed by atoms with van der Waals surface area (Å²) in [5.41, 5.74) is 21.3. The van der Waals surface area contributed by atoms with Gasteiger partial charge < -0.3 is 4.90 Å². The van der Waals surface area contributed by atoms with Gasteiger partial charge in [-0.05, 0) is 119 Å². The molecule has 1 heteroatoms. The molecule has 0 unspecified atom stereocenters. The summed E-state index contributed by atoms with van der Waals surface area (Å²) in [7, 11) is 0. The van der Waals surface area contributed by atoms with Gasteiger partial charge in [0.15, 0.2) is 0 Å². The lowest BCUT2D eigenvalue weighted by molar-refractivity contribution is 0.660. The predicted molar refractivity (Wildman–Crippen MR) is 237 cm³/mol. The van der Waals surface area contributed by atoms with Crippen molar-refractivity contribution in [2.45, 2.75) is 19.3 Å². The van der Waals surface area contributed by atoms with Crippen LogP contribution in [0.1, 0.15) is 25.0 Å². The minimum atomic E-state index is -0.0998. The maximum Gasteiger partial charge on any atom is 0.0543 e. The average molecular weight is 714 g/mol. The molecule has 0 fully saturated rings. The molecule has 0 amide bonds. The van der Waals surface area contributed by atoms with Crippen LogP contribution in [0.3, 0.4) is 0 Å². The van der Waals surface area contributed by atoms with E-state index in [0.717, 1.165) is 11.4 Å². The zero-order chi connectivity index (χ0) is 37.4. The van der Waals surface area contributed by atoms with Crippen LogP contribution in [0.5, 0.6) is 0 Å². The average Bonchev–Trinajstić information content (AvgIpc) is 3.72. The molecule has 0 N–H and O–H groups in total. The van der Waals surface area contributed by atoms with E-state index in [2.05, 4.69) is 219 Å². The molecule has 11 rings (SSSR count). The Labute approximate surface area is 328 Å². The zero-order valence-corrected chi connectivity index (χ0v) is 31.5. The SMILES string of the molecule is CC1(C)c2ccccc2-c2c(N(c3ccc(-c4ccccc4)cc3)c3cccc(-c4cccc(-c5ccc6cccc7c6c5-c5ccccc5-7)c4)c3)cccc21. The number of benzene rings is 9. The van der Waals surface area contributed by atoms with Crippen molar-refractivity contribution in [1.82, 2.24) is 0 Å². The first-order chi connectivity index (χ1) is 27.5. The fourth-order valence-electron chi connectivity index (χ4n) is 9.53. The van der Waals surface area contributed by atoms with E-state index in [-0.39, 0.29) is 5.41 Å². The molecule has 0 aliphatic heterocycles. The van der Waals surface area contributed by atoms with Crippen LogP contribution in [0, 0.1) is 0 Å². The summed E-state index contributed by atoms with van der Waals surface area (Å²) < 4.78 is 0. The molecule has 0 bridgehead atoms. The molecule has 0 heterocycles. The van der Waals surface area contributed by atoms with Crippen molar-refractivity contribution in [2.24, 2.45) is 0 Å². The van der Waals surface area contributed by atoms with Gasteiger partial charge in [-0.3, -0.25) is 0 Å². The van der Waals surface area contributed by atoms with Gasteiger partial charge in [-0.1, -0.05) is 178 Å². The van der Waals surface area contributed by atoms with E-state index >= 15 is 0 Å². The van der Waals surface area contributed by atoms with Gasteiger partial charge in [-0.15, -0.1) is 0 Å². The normalized spacial score (nSPS) is 13.0. The summed E-state index contributed by atoms with van der Waals surface area (Å²) in [5, 5.41) is 2.64. The maximum absolute atomic E-state index is 2.46. The maximum atomic E-state index is 2.46. The topological polar surface area (TPSA) is 3.24 Å². The van der Waals surface area contributed by atoms with E-state index in [1.165, 1.54) is 94.3 Å². The standard InChI is InChI=1S/C55H39N/c1-55(2)49-25-9-8-23-48(49)54-50(55)26-13-27-51(54)56(42-31-28-37(29-32-42)36-14-4-3-5-15-36)43-20-11-18-40(35-43)39-17-10-19-41(34-39)44-33-30-38-16-12-24-46-45-21-6-7-22-47(45)53(44)52(38)46/h3-35H,1-2H3. The molecule has 9 aromatic carbocycles. The molecule has 2 aliphatic carbocycles. The highest BCUT2D eigenvalue weighted by molar-refractivity contribution is 6.19. The van der Waals surface area contributed by atoms with Crippen molar-refractivity contribution in [3.63, 3.8) is 0 Å². The van der Waals surface area contributed by atoms with Crippen LogP contribution in [0.25, 0.3) is 77.5 Å².